The molecule has 0 unspecified atom stereocenters. The number of fused-ring (bicyclic) bond motifs is 1. The Balaban J connectivity index is 0.000000774. The third-order valence-corrected chi connectivity index (χ3v) is 3.09. The molecule has 5 nitrogen and oxygen atoms in total. The Hall–Kier alpha value is -2.40. The maximum absolute atomic E-state index is 12.0. The molecular formula is C16H20N4O. The molecule has 3 aromatic rings. The van der Waals surface area contributed by atoms with Crippen LogP contribution in [0.4, 0.5) is 0 Å². The first-order valence-electron chi connectivity index (χ1n) is 7.06. The van der Waals surface area contributed by atoms with Gasteiger partial charge in [0.2, 0.25) is 0 Å². The summed E-state index contributed by atoms with van der Waals surface area (Å²) < 4.78 is 1.54. The molecule has 5 heteroatoms. The van der Waals surface area contributed by atoms with Crippen LogP contribution >= 0.6 is 0 Å². The molecule has 1 aromatic carbocycles. The average Bonchev–Trinajstić information content (AvgIpc) is 2.87. The lowest BCUT2D eigenvalue weighted by Crippen LogP contribution is -2.20. The van der Waals surface area contributed by atoms with E-state index in [0.717, 1.165) is 22.3 Å². The molecule has 0 bridgehead atoms. The molecule has 0 radical (unpaired) electrons. The van der Waals surface area contributed by atoms with Gasteiger partial charge in [-0.2, -0.15) is 4.98 Å². The fraction of sp³-hybridized carbons (Fsp3) is 0.250. The van der Waals surface area contributed by atoms with Crippen molar-refractivity contribution in [3.63, 3.8) is 0 Å². The molecule has 0 aliphatic heterocycles. The Labute approximate surface area is 123 Å². The van der Waals surface area contributed by atoms with Crippen molar-refractivity contribution in [1.82, 2.24) is 14.5 Å². The number of aromatic nitrogens is 3. The second kappa shape index (κ2) is 6.37. The second-order valence-electron chi connectivity index (χ2n) is 4.52. The molecule has 0 aliphatic rings. The highest BCUT2D eigenvalue weighted by atomic mass is 16.1. The third-order valence-electron chi connectivity index (χ3n) is 3.09. The largest absolute Gasteiger partial charge is 0.354 e. The normalized spacial score (nSPS) is 10.3. The number of nitrogens with two attached hydrogens (primary N) is 1. The fourth-order valence-electron chi connectivity index (χ4n) is 2.11. The summed E-state index contributed by atoms with van der Waals surface area (Å²) in [5, 5.41) is 0.917. The monoisotopic (exact) mass is 284 g/mol. The van der Waals surface area contributed by atoms with Crippen molar-refractivity contribution in [1.29, 1.82) is 0 Å². The average molecular weight is 284 g/mol. The number of hydrogen-bond donors (Lipinski definition) is 2. The van der Waals surface area contributed by atoms with Crippen molar-refractivity contribution in [2.24, 2.45) is 5.73 Å². The highest BCUT2D eigenvalue weighted by molar-refractivity contribution is 5.75. The second-order valence-corrected chi connectivity index (χ2v) is 4.52. The zero-order chi connectivity index (χ0) is 15.4. The van der Waals surface area contributed by atoms with E-state index in [1.165, 1.54) is 4.57 Å². The summed E-state index contributed by atoms with van der Waals surface area (Å²) in [5.41, 5.74) is 8.69. The summed E-state index contributed by atoms with van der Waals surface area (Å²) >= 11 is 0. The van der Waals surface area contributed by atoms with Crippen LogP contribution in [0.3, 0.4) is 0 Å². The van der Waals surface area contributed by atoms with Crippen LogP contribution < -0.4 is 11.4 Å². The highest BCUT2D eigenvalue weighted by Crippen LogP contribution is 2.13. The van der Waals surface area contributed by atoms with Crippen LogP contribution in [-0.2, 0) is 6.54 Å². The maximum atomic E-state index is 12.0. The molecule has 2 heterocycles. The first-order chi connectivity index (χ1) is 10.2. The van der Waals surface area contributed by atoms with E-state index in [4.69, 9.17) is 5.73 Å². The van der Waals surface area contributed by atoms with Crippen LogP contribution in [0.1, 0.15) is 25.1 Å². The van der Waals surface area contributed by atoms with Crippen molar-refractivity contribution in [3.8, 4) is 5.69 Å². The Morgan fingerprint density at radius 2 is 1.90 bits per heavy atom. The van der Waals surface area contributed by atoms with Crippen molar-refractivity contribution in [2.45, 2.75) is 27.3 Å². The van der Waals surface area contributed by atoms with Crippen LogP contribution in [0.2, 0.25) is 0 Å². The summed E-state index contributed by atoms with van der Waals surface area (Å²) in [6, 6.07) is 9.53. The lowest BCUT2D eigenvalue weighted by molar-refractivity contribution is 0.931. The smallest absolute Gasteiger partial charge is 0.343 e. The predicted molar refractivity (Wildman–Crippen MR) is 85.7 cm³/mol. The summed E-state index contributed by atoms with van der Waals surface area (Å²) in [7, 11) is 0. The van der Waals surface area contributed by atoms with Crippen molar-refractivity contribution in [2.75, 3.05) is 0 Å². The molecular weight excluding hydrogens is 264 g/mol. The molecule has 0 saturated carbocycles. The van der Waals surface area contributed by atoms with Crippen molar-refractivity contribution >= 4 is 11.0 Å². The zero-order valence-corrected chi connectivity index (χ0v) is 12.6. The number of benzene rings is 1. The number of hydrogen-bond acceptors (Lipinski definition) is 3. The van der Waals surface area contributed by atoms with Gasteiger partial charge in [0.1, 0.15) is 5.65 Å². The van der Waals surface area contributed by atoms with E-state index in [-0.39, 0.29) is 5.69 Å². The van der Waals surface area contributed by atoms with Gasteiger partial charge >= 0.3 is 5.69 Å². The van der Waals surface area contributed by atoms with Crippen LogP contribution in [0.5, 0.6) is 0 Å². The maximum Gasteiger partial charge on any atom is 0.354 e. The van der Waals surface area contributed by atoms with E-state index in [1.807, 2.05) is 51.1 Å². The van der Waals surface area contributed by atoms with Crippen LogP contribution in [0.15, 0.2) is 41.3 Å². The molecule has 2 aromatic heterocycles. The summed E-state index contributed by atoms with van der Waals surface area (Å²) in [5.74, 6) is 0. The van der Waals surface area contributed by atoms with E-state index in [9.17, 15) is 4.79 Å². The van der Waals surface area contributed by atoms with Crippen LogP contribution in [-0.4, -0.2) is 14.5 Å². The number of rotatable bonds is 2. The molecule has 0 fully saturated rings. The Morgan fingerprint density at radius 1 is 1.24 bits per heavy atom. The number of H-pyrrole nitrogens is 1. The minimum atomic E-state index is -0.296. The number of aromatic amines is 1. The van der Waals surface area contributed by atoms with Crippen LogP contribution in [0, 0.1) is 6.92 Å². The minimum absolute atomic E-state index is 0.296. The fourth-order valence-corrected chi connectivity index (χ4v) is 2.11. The molecule has 0 spiro atoms. The third kappa shape index (κ3) is 3.03. The van der Waals surface area contributed by atoms with E-state index in [2.05, 4.69) is 9.97 Å². The number of nitrogens with zero attached hydrogens (tertiary/aromatic N) is 2. The topological polar surface area (TPSA) is 76.7 Å². The van der Waals surface area contributed by atoms with E-state index < -0.39 is 0 Å². The molecule has 0 atom stereocenters. The quantitative estimate of drug-likeness (QED) is 0.759. The molecule has 0 saturated heterocycles. The van der Waals surface area contributed by atoms with Gasteiger partial charge in [-0.05, 0) is 30.7 Å². The summed E-state index contributed by atoms with van der Waals surface area (Å²) in [6.45, 7) is 6.43. The Morgan fingerprint density at radius 3 is 2.52 bits per heavy atom. The first kappa shape index (κ1) is 15.0. The molecule has 110 valence electrons. The van der Waals surface area contributed by atoms with E-state index in [0.29, 0.717) is 12.2 Å². The first-order valence-corrected chi connectivity index (χ1v) is 7.06. The van der Waals surface area contributed by atoms with Gasteiger partial charge < -0.3 is 10.7 Å². The van der Waals surface area contributed by atoms with Gasteiger partial charge in [0.05, 0.1) is 5.69 Å². The predicted octanol–water partition coefficient (Wildman–Crippen LogP) is 2.51. The van der Waals surface area contributed by atoms with Crippen molar-refractivity contribution < 1.29 is 0 Å². The van der Waals surface area contributed by atoms with E-state index in [1.54, 1.807) is 6.20 Å². The van der Waals surface area contributed by atoms with Gasteiger partial charge in [-0.15, -0.1) is 0 Å². The molecule has 21 heavy (non-hydrogen) atoms. The standard InChI is InChI=1S/C14H14N4O.C2H6/c1-9-6-11-8-18(14(19)17-13(11)16-9)12-4-2-10(7-15)3-5-12;1-2/h2-6,8H,7,15H2,1H3,(H,16,17,19);1-2H3. The van der Waals surface area contributed by atoms with Gasteiger partial charge in [0, 0.05) is 23.8 Å². The van der Waals surface area contributed by atoms with Crippen molar-refractivity contribution in [3.05, 3.63) is 58.3 Å². The minimum Gasteiger partial charge on any atom is -0.343 e. The van der Waals surface area contributed by atoms with Gasteiger partial charge in [-0.25, -0.2) is 4.79 Å². The van der Waals surface area contributed by atoms with E-state index >= 15 is 0 Å². The van der Waals surface area contributed by atoms with Crippen LogP contribution in [0.25, 0.3) is 16.7 Å². The Kier molecular flexibility index (Phi) is 4.55. The zero-order valence-electron chi connectivity index (χ0n) is 12.6. The SMILES string of the molecule is CC.Cc1cc2cn(-c3ccc(CN)cc3)c(=O)nc2[nH]1. The molecule has 0 amide bonds. The molecule has 3 N–H and O–H groups in total. The molecule has 3 rings (SSSR count). The number of aryl methyl sites for hydroxylation is 1. The van der Waals surface area contributed by atoms with Gasteiger partial charge in [-0.1, -0.05) is 26.0 Å². The summed E-state index contributed by atoms with van der Waals surface area (Å²) in [6.07, 6.45) is 1.80. The number of nitrogens with one attached hydrogen (secondary N) is 1. The highest BCUT2D eigenvalue weighted by Gasteiger charge is 2.05. The lowest BCUT2D eigenvalue weighted by Gasteiger charge is -2.05. The van der Waals surface area contributed by atoms with Gasteiger partial charge in [0.25, 0.3) is 0 Å². The molecule has 0 aliphatic carbocycles. The summed E-state index contributed by atoms with van der Waals surface area (Å²) in [4.78, 5) is 19.1. The van der Waals surface area contributed by atoms with Gasteiger partial charge in [-0.3, -0.25) is 4.57 Å². The Bertz CT molecular complexity index is 784. The lowest BCUT2D eigenvalue weighted by atomic mass is 10.2. The van der Waals surface area contributed by atoms with Gasteiger partial charge in [0.15, 0.2) is 0 Å².